The Morgan fingerprint density at radius 1 is 1.28 bits per heavy atom. The van der Waals surface area contributed by atoms with E-state index in [2.05, 4.69) is 26.8 Å². The smallest absolute Gasteiger partial charge is 0.228 e. The number of nitrogens with two attached hydrogens (primary N) is 1. The van der Waals surface area contributed by atoms with Crippen molar-refractivity contribution in [2.24, 2.45) is 5.73 Å². The lowest BCUT2D eigenvalue weighted by Crippen LogP contribution is -2.39. The molecule has 0 aliphatic carbocycles. The monoisotopic (exact) mass is 246 g/mol. The van der Waals surface area contributed by atoms with E-state index in [0.29, 0.717) is 6.42 Å². The van der Waals surface area contributed by atoms with Gasteiger partial charge in [-0.1, -0.05) is 39.0 Å². The average Bonchev–Trinajstić information content (AvgIpc) is 2.52. The van der Waals surface area contributed by atoms with Gasteiger partial charge in [0, 0.05) is 24.2 Å². The van der Waals surface area contributed by atoms with Gasteiger partial charge in [-0.25, -0.2) is 0 Å². The highest BCUT2D eigenvalue weighted by molar-refractivity contribution is 5.98. The van der Waals surface area contributed by atoms with Crippen LogP contribution < -0.4 is 10.6 Å². The van der Waals surface area contributed by atoms with E-state index in [1.807, 2.05) is 30.0 Å². The van der Waals surface area contributed by atoms with Crippen molar-refractivity contribution < 1.29 is 4.79 Å². The number of carbonyl (C=O) groups excluding carboxylic acids is 1. The predicted octanol–water partition coefficient (Wildman–Crippen LogP) is 2.44. The van der Waals surface area contributed by atoms with Crippen LogP contribution in [-0.4, -0.2) is 18.0 Å². The maximum Gasteiger partial charge on any atom is 0.228 e. The van der Waals surface area contributed by atoms with Crippen LogP contribution in [0.4, 0.5) is 5.69 Å². The lowest BCUT2D eigenvalue weighted by Gasteiger charge is -2.30. The molecule has 1 fully saturated rings. The number of para-hydroxylation sites is 1. The summed E-state index contributed by atoms with van der Waals surface area (Å²) in [4.78, 5) is 14.0. The van der Waals surface area contributed by atoms with Gasteiger partial charge in [0.05, 0.1) is 0 Å². The fourth-order valence-corrected chi connectivity index (χ4v) is 2.56. The zero-order valence-electron chi connectivity index (χ0n) is 11.6. The van der Waals surface area contributed by atoms with Gasteiger partial charge in [0.2, 0.25) is 5.91 Å². The van der Waals surface area contributed by atoms with Gasteiger partial charge in [0.25, 0.3) is 0 Å². The second-order valence-corrected chi connectivity index (χ2v) is 6.14. The van der Waals surface area contributed by atoms with Crippen molar-refractivity contribution in [3.05, 3.63) is 29.8 Å². The summed E-state index contributed by atoms with van der Waals surface area (Å²) >= 11 is 0. The topological polar surface area (TPSA) is 46.3 Å². The van der Waals surface area contributed by atoms with Crippen molar-refractivity contribution in [3.63, 3.8) is 0 Å². The van der Waals surface area contributed by atoms with E-state index < -0.39 is 0 Å². The normalized spacial score (nSPS) is 24.7. The maximum absolute atomic E-state index is 12.1. The number of amides is 1. The standard InChI is InChI=1S/C15H22N2O/c1-10-12(16)9-14(18)17(10)13-8-6-5-7-11(13)15(2,3)4/h5-8,10,12H,9,16H2,1-4H3. The molecule has 1 amide bonds. The molecule has 2 unspecified atom stereocenters. The number of hydrogen-bond donors (Lipinski definition) is 1. The Labute approximate surface area is 109 Å². The van der Waals surface area contributed by atoms with Crippen molar-refractivity contribution in [1.29, 1.82) is 0 Å². The molecule has 0 spiro atoms. The predicted molar refractivity (Wildman–Crippen MR) is 74.7 cm³/mol. The summed E-state index contributed by atoms with van der Waals surface area (Å²) in [5.41, 5.74) is 8.21. The summed E-state index contributed by atoms with van der Waals surface area (Å²) in [5.74, 6) is 0.131. The minimum Gasteiger partial charge on any atom is -0.325 e. The van der Waals surface area contributed by atoms with E-state index >= 15 is 0 Å². The summed E-state index contributed by atoms with van der Waals surface area (Å²) in [6.45, 7) is 8.51. The number of rotatable bonds is 1. The van der Waals surface area contributed by atoms with Gasteiger partial charge in [-0.05, 0) is 24.0 Å². The van der Waals surface area contributed by atoms with E-state index in [1.165, 1.54) is 5.56 Å². The molecule has 0 radical (unpaired) electrons. The molecule has 98 valence electrons. The first-order valence-corrected chi connectivity index (χ1v) is 6.49. The molecule has 2 atom stereocenters. The largest absolute Gasteiger partial charge is 0.325 e. The fourth-order valence-electron chi connectivity index (χ4n) is 2.56. The molecule has 0 saturated carbocycles. The van der Waals surface area contributed by atoms with Gasteiger partial charge < -0.3 is 10.6 Å². The van der Waals surface area contributed by atoms with Crippen LogP contribution in [0.15, 0.2) is 24.3 Å². The molecule has 0 bridgehead atoms. The zero-order chi connectivity index (χ0) is 13.5. The van der Waals surface area contributed by atoms with Gasteiger partial charge >= 0.3 is 0 Å². The quantitative estimate of drug-likeness (QED) is 0.827. The highest BCUT2D eigenvalue weighted by Crippen LogP contribution is 2.35. The zero-order valence-corrected chi connectivity index (χ0v) is 11.6. The molecule has 3 heteroatoms. The van der Waals surface area contributed by atoms with E-state index in [-0.39, 0.29) is 23.4 Å². The maximum atomic E-state index is 12.1. The minimum absolute atomic E-state index is 0.0171. The van der Waals surface area contributed by atoms with Gasteiger partial charge in [0.15, 0.2) is 0 Å². The summed E-state index contributed by atoms with van der Waals surface area (Å²) in [6.07, 6.45) is 0.444. The van der Waals surface area contributed by atoms with Crippen molar-refractivity contribution >= 4 is 11.6 Å². The average molecular weight is 246 g/mol. The van der Waals surface area contributed by atoms with E-state index in [4.69, 9.17) is 5.73 Å². The molecule has 1 aliphatic rings. The summed E-state index contributed by atoms with van der Waals surface area (Å²) in [7, 11) is 0. The Morgan fingerprint density at radius 3 is 2.39 bits per heavy atom. The molecule has 1 saturated heterocycles. The molecule has 1 aromatic carbocycles. The molecule has 2 rings (SSSR count). The van der Waals surface area contributed by atoms with Crippen LogP contribution in [0.5, 0.6) is 0 Å². The van der Waals surface area contributed by atoms with Crippen molar-refractivity contribution in [2.75, 3.05) is 4.90 Å². The first-order valence-electron chi connectivity index (χ1n) is 6.49. The Hall–Kier alpha value is -1.35. The molecular formula is C15H22N2O. The Balaban J connectivity index is 2.49. The lowest BCUT2D eigenvalue weighted by atomic mass is 9.85. The van der Waals surface area contributed by atoms with Gasteiger partial charge in [-0.2, -0.15) is 0 Å². The van der Waals surface area contributed by atoms with Crippen LogP contribution in [-0.2, 0) is 10.2 Å². The van der Waals surface area contributed by atoms with Crippen LogP contribution in [0.1, 0.15) is 39.7 Å². The number of benzene rings is 1. The Kier molecular flexibility index (Phi) is 3.20. The van der Waals surface area contributed by atoms with E-state index in [0.717, 1.165) is 5.69 Å². The van der Waals surface area contributed by atoms with Gasteiger partial charge in [0.1, 0.15) is 0 Å². The third kappa shape index (κ3) is 2.15. The van der Waals surface area contributed by atoms with Crippen molar-refractivity contribution in [1.82, 2.24) is 0 Å². The molecule has 0 aromatic heterocycles. The fraction of sp³-hybridized carbons (Fsp3) is 0.533. The van der Waals surface area contributed by atoms with Crippen molar-refractivity contribution in [2.45, 2.75) is 51.6 Å². The van der Waals surface area contributed by atoms with E-state index in [9.17, 15) is 4.79 Å². The second-order valence-electron chi connectivity index (χ2n) is 6.14. The van der Waals surface area contributed by atoms with Crippen LogP contribution in [0.3, 0.4) is 0 Å². The lowest BCUT2D eigenvalue weighted by molar-refractivity contribution is -0.117. The highest BCUT2D eigenvalue weighted by atomic mass is 16.2. The summed E-state index contributed by atoms with van der Waals surface area (Å²) < 4.78 is 0. The van der Waals surface area contributed by atoms with Gasteiger partial charge in [-0.3, -0.25) is 4.79 Å². The Bertz CT molecular complexity index is 462. The van der Waals surface area contributed by atoms with Crippen LogP contribution in [0.2, 0.25) is 0 Å². The molecule has 1 heterocycles. The highest BCUT2D eigenvalue weighted by Gasteiger charge is 2.37. The van der Waals surface area contributed by atoms with Crippen LogP contribution in [0.25, 0.3) is 0 Å². The van der Waals surface area contributed by atoms with Gasteiger partial charge in [-0.15, -0.1) is 0 Å². The minimum atomic E-state index is -0.0643. The molecule has 3 nitrogen and oxygen atoms in total. The SMILES string of the molecule is CC1C(N)CC(=O)N1c1ccccc1C(C)(C)C. The third-order valence-corrected chi connectivity index (χ3v) is 3.68. The van der Waals surface area contributed by atoms with Crippen LogP contribution >= 0.6 is 0 Å². The number of anilines is 1. The number of nitrogens with zero attached hydrogens (tertiary/aromatic N) is 1. The molecule has 1 aliphatic heterocycles. The molecule has 2 N–H and O–H groups in total. The van der Waals surface area contributed by atoms with E-state index in [1.54, 1.807) is 0 Å². The van der Waals surface area contributed by atoms with Crippen molar-refractivity contribution in [3.8, 4) is 0 Å². The summed E-state index contributed by atoms with van der Waals surface area (Å²) in [5, 5.41) is 0. The molecular weight excluding hydrogens is 224 g/mol. The first-order chi connectivity index (χ1) is 8.32. The third-order valence-electron chi connectivity index (χ3n) is 3.68. The molecule has 18 heavy (non-hydrogen) atoms. The Morgan fingerprint density at radius 2 is 1.89 bits per heavy atom. The van der Waals surface area contributed by atoms with Crippen LogP contribution in [0, 0.1) is 0 Å². The second kappa shape index (κ2) is 4.39. The number of carbonyl (C=O) groups is 1. The summed E-state index contributed by atoms with van der Waals surface area (Å²) in [6, 6.07) is 8.13. The first kappa shape index (κ1) is 13.1. The number of hydrogen-bond acceptors (Lipinski definition) is 2. The molecule has 1 aromatic rings.